The Kier molecular flexibility index (Phi) is 6.04. The van der Waals surface area contributed by atoms with E-state index in [0.717, 1.165) is 12.1 Å². The lowest BCUT2D eigenvalue weighted by Gasteiger charge is -2.09. The first kappa shape index (κ1) is 19.5. The quantitative estimate of drug-likeness (QED) is 0.743. The molecule has 0 atom stereocenters. The van der Waals surface area contributed by atoms with E-state index in [4.69, 9.17) is 4.74 Å². The summed E-state index contributed by atoms with van der Waals surface area (Å²) < 4.78 is 52.8. The lowest BCUT2D eigenvalue weighted by molar-refractivity contribution is -0.118. The summed E-state index contributed by atoms with van der Waals surface area (Å²) in [5.41, 5.74) is 0.749. The number of anilines is 1. The molecule has 2 rings (SSSR count). The van der Waals surface area contributed by atoms with Crippen LogP contribution >= 0.6 is 0 Å². The monoisotopic (exact) mass is 383 g/mol. The molecule has 0 aliphatic carbocycles. The Hall–Kier alpha value is -2.81. The van der Waals surface area contributed by atoms with Gasteiger partial charge in [0, 0.05) is 11.3 Å². The minimum atomic E-state index is -4.67. The van der Waals surface area contributed by atoms with Crippen LogP contribution in [0.4, 0.5) is 14.5 Å². The molecular weight excluding hydrogens is 368 g/mol. The van der Waals surface area contributed by atoms with Gasteiger partial charge in [-0.2, -0.15) is 8.78 Å². The summed E-state index contributed by atoms with van der Waals surface area (Å²) in [5.74, 6) is -3.73. The maximum absolute atomic E-state index is 12.4. The molecule has 26 heavy (non-hydrogen) atoms. The standard InChI is InChI=1S/C17H15F2NO5S/c1-11(21)12-2-6-14(7-3-12)25-10-16(22)20-13-4-8-15(9-5-13)26(23,24)17(18)19/h2-9,17H,10H2,1H3,(H,20,22). The number of halogens is 2. The van der Waals surface area contributed by atoms with Gasteiger partial charge in [0.2, 0.25) is 9.84 Å². The van der Waals surface area contributed by atoms with Crippen molar-refractivity contribution in [2.24, 2.45) is 0 Å². The molecule has 0 bridgehead atoms. The third-order valence-electron chi connectivity index (χ3n) is 3.33. The summed E-state index contributed by atoms with van der Waals surface area (Å²) >= 11 is 0. The molecule has 0 aliphatic heterocycles. The van der Waals surface area contributed by atoms with E-state index in [0.29, 0.717) is 11.3 Å². The van der Waals surface area contributed by atoms with E-state index in [1.54, 1.807) is 24.3 Å². The van der Waals surface area contributed by atoms with Crippen molar-refractivity contribution in [2.75, 3.05) is 11.9 Å². The highest BCUT2D eigenvalue weighted by Gasteiger charge is 2.26. The van der Waals surface area contributed by atoms with Gasteiger partial charge in [-0.25, -0.2) is 8.42 Å². The lowest BCUT2D eigenvalue weighted by Crippen LogP contribution is -2.20. The van der Waals surface area contributed by atoms with E-state index in [-0.39, 0.29) is 18.1 Å². The second-order valence-electron chi connectivity index (χ2n) is 5.25. The minimum Gasteiger partial charge on any atom is -0.484 e. The molecule has 0 spiro atoms. The molecule has 0 aromatic heterocycles. The number of nitrogens with one attached hydrogen (secondary N) is 1. The molecule has 0 saturated heterocycles. The van der Waals surface area contributed by atoms with Gasteiger partial charge in [0.1, 0.15) is 5.75 Å². The second-order valence-corrected chi connectivity index (χ2v) is 7.17. The maximum atomic E-state index is 12.4. The number of rotatable bonds is 7. The van der Waals surface area contributed by atoms with Gasteiger partial charge in [0.05, 0.1) is 4.90 Å². The molecule has 0 radical (unpaired) electrons. The maximum Gasteiger partial charge on any atom is 0.341 e. The van der Waals surface area contributed by atoms with E-state index in [9.17, 15) is 26.8 Å². The van der Waals surface area contributed by atoms with Crippen LogP contribution in [0.3, 0.4) is 0 Å². The zero-order valence-electron chi connectivity index (χ0n) is 13.6. The molecule has 1 N–H and O–H groups in total. The van der Waals surface area contributed by atoms with Gasteiger partial charge >= 0.3 is 5.76 Å². The molecule has 9 heteroatoms. The van der Waals surface area contributed by atoms with Gasteiger partial charge in [-0.3, -0.25) is 9.59 Å². The largest absolute Gasteiger partial charge is 0.484 e. The van der Waals surface area contributed by atoms with Crippen molar-refractivity contribution in [1.82, 2.24) is 0 Å². The fourth-order valence-corrected chi connectivity index (χ4v) is 2.68. The number of hydrogen-bond donors (Lipinski definition) is 1. The van der Waals surface area contributed by atoms with Gasteiger partial charge in [-0.05, 0) is 55.5 Å². The molecule has 0 heterocycles. The van der Waals surface area contributed by atoms with Crippen molar-refractivity contribution in [3.8, 4) is 5.75 Å². The van der Waals surface area contributed by atoms with E-state index in [1.165, 1.54) is 19.1 Å². The molecule has 0 unspecified atom stereocenters. The molecular formula is C17H15F2NO5S. The Morgan fingerprint density at radius 1 is 1.04 bits per heavy atom. The SMILES string of the molecule is CC(=O)c1ccc(OCC(=O)Nc2ccc(S(=O)(=O)C(F)F)cc2)cc1. The predicted molar refractivity (Wildman–Crippen MR) is 90.2 cm³/mol. The highest BCUT2D eigenvalue weighted by molar-refractivity contribution is 7.91. The van der Waals surface area contributed by atoms with Crippen molar-refractivity contribution in [2.45, 2.75) is 17.6 Å². The van der Waals surface area contributed by atoms with Crippen molar-refractivity contribution >= 4 is 27.2 Å². The Balaban J connectivity index is 1.92. The lowest BCUT2D eigenvalue weighted by atomic mass is 10.1. The summed E-state index contributed by atoms with van der Waals surface area (Å²) in [4.78, 5) is 22.5. The molecule has 0 fully saturated rings. The predicted octanol–water partition coefficient (Wildman–Crippen LogP) is 2.90. The normalized spacial score (nSPS) is 11.2. The van der Waals surface area contributed by atoms with Crippen LogP contribution in [0.25, 0.3) is 0 Å². The number of carbonyl (C=O) groups is 2. The van der Waals surface area contributed by atoms with Crippen LogP contribution in [0.15, 0.2) is 53.4 Å². The first-order chi connectivity index (χ1) is 12.2. The van der Waals surface area contributed by atoms with E-state index in [2.05, 4.69) is 5.32 Å². The third-order valence-corrected chi connectivity index (χ3v) is 4.73. The number of amides is 1. The van der Waals surface area contributed by atoms with Crippen molar-refractivity contribution < 1.29 is 31.5 Å². The van der Waals surface area contributed by atoms with Gasteiger partial charge in [-0.15, -0.1) is 0 Å². The summed E-state index contributed by atoms with van der Waals surface area (Å²) in [7, 11) is -4.67. The van der Waals surface area contributed by atoms with Crippen molar-refractivity contribution in [1.29, 1.82) is 0 Å². The Morgan fingerprint density at radius 2 is 1.62 bits per heavy atom. The number of ether oxygens (including phenoxy) is 1. The van der Waals surface area contributed by atoms with Crippen LogP contribution in [0, 0.1) is 0 Å². The summed E-state index contributed by atoms with van der Waals surface area (Å²) in [5, 5.41) is 2.45. The van der Waals surface area contributed by atoms with Crippen LogP contribution in [0.1, 0.15) is 17.3 Å². The highest BCUT2D eigenvalue weighted by atomic mass is 32.2. The van der Waals surface area contributed by atoms with Gasteiger partial charge in [-0.1, -0.05) is 0 Å². The molecule has 6 nitrogen and oxygen atoms in total. The first-order valence-corrected chi connectivity index (χ1v) is 8.90. The topological polar surface area (TPSA) is 89.5 Å². The van der Waals surface area contributed by atoms with Crippen LogP contribution < -0.4 is 10.1 Å². The summed E-state index contributed by atoms with van der Waals surface area (Å²) in [6.45, 7) is 1.11. The third kappa shape index (κ3) is 4.85. The van der Waals surface area contributed by atoms with Gasteiger partial charge in [0.15, 0.2) is 12.4 Å². The molecule has 138 valence electrons. The fourth-order valence-electron chi connectivity index (χ4n) is 1.96. The Bertz CT molecular complexity index is 894. The van der Waals surface area contributed by atoms with Gasteiger partial charge < -0.3 is 10.1 Å². The molecule has 1 amide bonds. The average Bonchev–Trinajstić information content (AvgIpc) is 2.60. The zero-order chi connectivity index (χ0) is 19.3. The van der Waals surface area contributed by atoms with E-state index in [1.807, 2.05) is 0 Å². The van der Waals surface area contributed by atoms with Crippen molar-refractivity contribution in [3.05, 3.63) is 54.1 Å². The Morgan fingerprint density at radius 3 is 2.12 bits per heavy atom. The molecule has 2 aromatic rings. The van der Waals surface area contributed by atoms with E-state index >= 15 is 0 Å². The van der Waals surface area contributed by atoms with Crippen LogP contribution in [-0.2, 0) is 14.6 Å². The molecule has 2 aromatic carbocycles. The van der Waals surface area contributed by atoms with Crippen LogP contribution in [0.5, 0.6) is 5.75 Å². The average molecular weight is 383 g/mol. The number of alkyl halides is 2. The molecule has 0 aliphatic rings. The van der Waals surface area contributed by atoms with Crippen LogP contribution in [-0.4, -0.2) is 32.5 Å². The van der Waals surface area contributed by atoms with Crippen molar-refractivity contribution in [3.63, 3.8) is 0 Å². The number of Topliss-reactive ketones (excluding diaryl/α,β-unsaturated/α-hetero) is 1. The Labute approximate surface area is 148 Å². The second kappa shape index (κ2) is 8.05. The van der Waals surface area contributed by atoms with Gasteiger partial charge in [0.25, 0.3) is 5.91 Å². The van der Waals surface area contributed by atoms with Crippen LogP contribution in [0.2, 0.25) is 0 Å². The number of hydrogen-bond acceptors (Lipinski definition) is 5. The number of sulfone groups is 1. The smallest absolute Gasteiger partial charge is 0.341 e. The molecule has 0 saturated carbocycles. The minimum absolute atomic E-state index is 0.0911. The highest BCUT2D eigenvalue weighted by Crippen LogP contribution is 2.20. The summed E-state index contributed by atoms with van der Waals surface area (Å²) in [6.07, 6.45) is 0. The number of carbonyl (C=O) groups excluding carboxylic acids is 2. The zero-order valence-corrected chi connectivity index (χ0v) is 14.4. The fraction of sp³-hybridized carbons (Fsp3) is 0.176. The first-order valence-electron chi connectivity index (χ1n) is 7.36. The number of ketones is 1. The van der Waals surface area contributed by atoms with E-state index < -0.39 is 26.4 Å². The number of benzene rings is 2. The summed E-state index contributed by atoms with van der Waals surface area (Å²) in [6, 6.07) is 10.6.